The third kappa shape index (κ3) is 2.71. The Hall–Kier alpha value is -2.12. The van der Waals surface area contributed by atoms with Crippen molar-refractivity contribution in [3.8, 4) is 17.7 Å². The number of hydrogen-bond acceptors (Lipinski definition) is 3. The highest BCUT2D eigenvalue weighted by Crippen LogP contribution is 2.25. The zero-order valence-electron chi connectivity index (χ0n) is 8.52. The van der Waals surface area contributed by atoms with Crippen molar-refractivity contribution in [2.75, 3.05) is 0 Å². The van der Waals surface area contributed by atoms with Crippen LogP contribution in [0, 0.1) is 17.1 Å². The fourth-order valence-corrected chi connectivity index (χ4v) is 1.34. The molecule has 0 spiro atoms. The van der Waals surface area contributed by atoms with Gasteiger partial charge in [-0.3, -0.25) is 0 Å². The molecule has 0 amide bonds. The van der Waals surface area contributed by atoms with Gasteiger partial charge in [0.1, 0.15) is 6.07 Å². The fraction of sp³-hybridized carbons (Fsp3) is 0. The summed E-state index contributed by atoms with van der Waals surface area (Å²) in [7, 11) is 0. The third-order valence-corrected chi connectivity index (χ3v) is 2.21. The molecule has 0 radical (unpaired) electrons. The second kappa shape index (κ2) is 4.81. The summed E-state index contributed by atoms with van der Waals surface area (Å²) in [6.45, 7) is 0. The van der Waals surface area contributed by atoms with Crippen molar-refractivity contribution in [1.82, 2.24) is 4.98 Å². The van der Waals surface area contributed by atoms with Gasteiger partial charge in [-0.2, -0.15) is 5.26 Å². The number of ether oxygens (including phenoxy) is 1. The van der Waals surface area contributed by atoms with Crippen molar-refractivity contribution in [2.45, 2.75) is 0 Å². The van der Waals surface area contributed by atoms with E-state index in [9.17, 15) is 4.39 Å². The van der Waals surface area contributed by atoms with Crippen molar-refractivity contribution in [1.29, 1.82) is 5.26 Å². The van der Waals surface area contributed by atoms with Crippen LogP contribution in [0.25, 0.3) is 0 Å². The molecule has 5 heteroatoms. The molecule has 0 bridgehead atoms. The standard InChI is InChI=1S/C12H6ClFN2O/c13-9-2-3-11(10(14)5-9)17-12-4-1-8(6-15)7-16-12/h1-5,7H. The maximum atomic E-state index is 13.4. The number of nitriles is 1. The van der Waals surface area contributed by atoms with Gasteiger partial charge in [-0.25, -0.2) is 9.37 Å². The molecule has 0 saturated heterocycles. The van der Waals surface area contributed by atoms with Gasteiger partial charge in [-0.05, 0) is 24.3 Å². The van der Waals surface area contributed by atoms with Crippen LogP contribution >= 0.6 is 11.6 Å². The van der Waals surface area contributed by atoms with Crippen LogP contribution in [0.4, 0.5) is 4.39 Å². The highest BCUT2D eigenvalue weighted by molar-refractivity contribution is 6.30. The first kappa shape index (κ1) is 11.4. The maximum Gasteiger partial charge on any atom is 0.219 e. The number of pyridine rings is 1. The minimum atomic E-state index is -0.566. The molecule has 0 aliphatic carbocycles. The van der Waals surface area contributed by atoms with E-state index >= 15 is 0 Å². The number of halogens is 2. The zero-order valence-corrected chi connectivity index (χ0v) is 9.28. The summed E-state index contributed by atoms with van der Waals surface area (Å²) >= 11 is 5.61. The Bertz CT molecular complexity index is 578. The lowest BCUT2D eigenvalue weighted by atomic mass is 10.3. The third-order valence-electron chi connectivity index (χ3n) is 1.97. The second-order valence-electron chi connectivity index (χ2n) is 3.17. The van der Waals surface area contributed by atoms with Gasteiger partial charge in [-0.15, -0.1) is 0 Å². The van der Waals surface area contributed by atoms with Crippen LogP contribution < -0.4 is 4.74 Å². The van der Waals surface area contributed by atoms with Crippen molar-refractivity contribution in [2.24, 2.45) is 0 Å². The maximum absolute atomic E-state index is 13.4. The van der Waals surface area contributed by atoms with Crippen LogP contribution in [0.3, 0.4) is 0 Å². The molecule has 2 rings (SSSR count). The van der Waals surface area contributed by atoms with Gasteiger partial charge in [0.25, 0.3) is 0 Å². The highest BCUT2D eigenvalue weighted by Gasteiger charge is 2.06. The van der Waals surface area contributed by atoms with Crippen LogP contribution in [-0.2, 0) is 0 Å². The lowest BCUT2D eigenvalue weighted by Crippen LogP contribution is -1.91. The number of rotatable bonds is 2. The molecule has 3 nitrogen and oxygen atoms in total. The van der Waals surface area contributed by atoms with Crippen molar-refractivity contribution in [3.63, 3.8) is 0 Å². The van der Waals surface area contributed by atoms with Crippen LogP contribution in [-0.4, -0.2) is 4.98 Å². The van der Waals surface area contributed by atoms with Gasteiger partial charge < -0.3 is 4.74 Å². The summed E-state index contributed by atoms with van der Waals surface area (Å²) in [4.78, 5) is 3.86. The number of hydrogen-bond donors (Lipinski definition) is 0. The Morgan fingerprint density at radius 2 is 2.12 bits per heavy atom. The van der Waals surface area contributed by atoms with E-state index in [4.69, 9.17) is 21.6 Å². The van der Waals surface area contributed by atoms with E-state index in [1.165, 1.54) is 30.5 Å². The Morgan fingerprint density at radius 3 is 2.71 bits per heavy atom. The van der Waals surface area contributed by atoms with Crippen LogP contribution in [0.1, 0.15) is 5.56 Å². The van der Waals surface area contributed by atoms with E-state index in [0.29, 0.717) is 10.6 Å². The number of nitrogens with zero attached hydrogens (tertiary/aromatic N) is 2. The fourth-order valence-electron chi connectivity index (χ4n) is 1.18. The average molecular weight is 249 g/mol. The molecule has 0 atom stereocenters. The lowest BCUT2D eigenvalue weighted by Gasteiger charge is -2.05. The Balaban J connectivity index is 2.23. The monoisotopic (exact) mass is 248 g/mol. The minimum absolute atomic E-state index is 0.0339. The number of benzene rings is 1. The molecular formula is C12H6ClFN2O. The molecule has 0 fully saturated rings. The van der Waals surface area contributed by atoms with E-state index in [-0.39, 0.29) is 11.6 Å². The SMILES string of the molecule is N#Cc1ccc(Oc2ccc(Cl)cc2F)nc1. The molecule has 0 unspecified atom stereocenters. The van der Waals surface area contributed by atoms with Crippen molar-refractivity contribution in [3.05, 3.63) is 52.9 Å². The molecule has 1 aromatic carbocycles. The molecule has 17 heavy (non-hydrogen) atoms. The van der Waals surface area contributed by atoms with Crippen LogP contribution in [0.5, 0.6) is 11.6 Å². The quantitative estimate of drug-likeness (QED) is 0.817. The number of aromatic nitrogens is 1. The van der Waals surface area contributed by atoms with Gasteiger partial charge in [-0.1, -0.05) is 11.6 Å². The summed E-state index contributed by atoms with van der Waals surface area (Å²) in [6.07, 6.45) is 1.35. The summed E-state index contributed by atoms with van der Waals surface area (Å²) in [6, 6.07) is 9.04. The summed E-state index contributed by atoms with van der Waals surface area (Å²) in [5.41, 5.74) is 0.411. The Morgan fingerprint density at radius 1 is 1.29 bits per heavy atom. The van der Waals surface area contributed by atoms with Crippen LogP contribution in [0.2, 0.25) is 5.02 Å². The molecule has 2 aromatic rings. The molecule has 0 saturated carbocycles. The van der Waals surface area contributed by atoms with E-state index in [0.717, 1.165) is 6.07 Å². The first-order valence-electron chi connectivity index (χ1n) is 4.68. The first-order chi connectivity index (χ1) is 8.19. The molecule has 0 N–H and O–H groups in total. The van der Waals surface area contributed by atoms with Crippen molar-refractivity contribution < 1.29 is 9.13 Å². The second-order valence-corrected chi connectivity index (χ2v) is 3.61. The lowest BCUT2D eigenvalue weighted by molar-refractivity contribution is 0.427. The van der Waals surface area contributed by atoms with Gasteiger partial charge in [0, 0.05) is 17.3 Å². The van der Waals surface area contributed by atoms with E-state index in [2.05, 4.69) is 4.98 Å². The molecule has 0 aliphatic heterocycles. The molecular weight excluding hydrogens is 243 g/mol. The normalized spacial score (nSPS) is 9.71. The van der Waals surface area contributed by atoms with Gasteiger partial charge in [0.2, 0.25) is 5.88 Å². The minimum Gasteiger partial charge on any atom is -0.436 e. The zero-order chi connectivity index (χ0) is 12.3. The topological polar surface area (TPSA) is 45.9 Å². The largest absolute Gasteiger partial charge is 0.436 e. The summed E-state index contributed by atoms with van der Waals surface area (Å²) < 4.78 is 18.6. The molecule has 0 aliphatic rings. The van der Waals surface area contributed by atoms with E-state index < -0.39 is 5.82 Å². The van der Waals surface area contributed by atoms with Crippen molar-refractivity contribution >= 4 is 11.6 Å². The summed E-state index contributed by atoms with van der Waals surface area (Å²) in [5, 5.41) is 8.88. The van der Waals surface area contributed by atoms with E-state index in [1.807, 2.05) is 6.07 Å². The predicted molar refractivity (Wildman–Crippen MR) is 60.4 cm³/mol. The molecule has 1 heterocycles. The highest BCUT2D eigenvalue weighted by atomic mass is 35.5. The average Bonchev–Trinajstić information content (AvgIpc) is 2.34. The Kier molecular flexibility index (Phi) is 3.22. The molecule has 1 aromatic heterocycles. The Labute approximate surface area is 102 Å². The van der Waals surface area contributed by atoms with Gasteiger partial charge in [0.15, 0.2) is 11.6 Å². The summed E-state index contributed by atoms with van der Waals surface area (Å²) in [5.74, 6) is -0.319. The van der Waals surface area contributed by atoms with E-state index in [1.54, 1.807) is 0 Å². The van der Waals surface area contributed by atoms with Gasteiger partial charge >= 0.3 is 0 Å². The first-order valence-corrected chi connectivity index (χ1v) is 5.06. The smallest absolute Gasteiger partial charge is 0.219 e. The predicted octanol–water partition coefficient (Wildman–Crippen LogP) is 3.54. The van der Waals surface area contributed by atoms with Gasteiger partial charge in [0.05, 0.1) is 5.56 Å². The molecule has 84 valence electrons. The van der Waals surface area contributed by atoms with Crippen LogP contribution in [0.15, 0.2) is 36.5 Å².